The number of hydrogen-bond donors (Lipinski definition) is 1. The van der Waals surface area contributed by atoms with Gasteiger partial charge in [0.05, 0.1) is 19.1 Å². The fourth-order valence-electron chi connectivity index (χ4n) is 1.13. The molecule has 16 heavy (non-hydrogen) atoms. The van der Waals surface area contributed by atoms with E-state index in [1.165, 1.54) is 0 Å². The van der Waals surface area contributed by atoms with Crippen LogP contribution in [0.1, 0.15) is 25.0 Å². The molecule has 0 unspecified atom stereocenters. The van der Waals surface area contributed by atoms with Crippen molar-refractivity contribution in [2.75, 3.05) is 6.61 Å². The van der Waals surface area contributed by atoms with Gasteiger partial charge in [0.15, 0.2) is 0 Å². The van der Waals surface area contributed by atoms with Crippen molar-refractivity contribution in [1.29, 1.82) is 0 Å². The molecule has 0 radical (unpaired) electrons. The van der Waals surface area contributed by atoms with Crippen molar-refractivity contribution in [1.82, 2.24) is 0 Å². The van der Waals surface area contributed by atoms with Crippen molar-refractivity contribution in [2.45, 2.75) is 25.6 Å². The fraction of sp³-hybridized carbons (Fsp3) is 0.455. The summed E-state index contributed by atoms with van der Waals surface area (Å²) in [6, 6.07) is 6.32. The Hall–Kier alpha value is -1.23. The van der Waals surface area contributed by atoms with Crippen molar-refractivity contribution >= 4 is 0 Å². The lowest BCUT2D eigenvalue weighted by Gasteiger charge is -2.09. The Morgan fingerprint density at radius 3 is 2.25 bits per heavy atom. The molecule has 5 heteroatoms. The Morgan fingerprint density at radius 2 is 1.81 bits per heavy atom. The third kappa shape index (κ3) is 4.53. The summed E-state index contributed by atoms with van der Waals surface area (Å²) < 4.78 is 40.4. The third-order valence-electron chi connectivity index (χ3n) is 2.02. The predicted octanol–water partition coefficient (Wildman–Crippen LogP) is 3.07. The Balaban J connectivity index is 2.44. The number of halogens is 3. The van der Waals surface area contributed by atoms with Gasteiger partial charge in [-0.1, -0.05) is 12.1 Å². The van der Waals surface area contributed by atoms with E-state index in [-0.39, 0.29) is 0 Å². The highest BCUT2D eigenvalue weighted by atomic mass is 19.4. The molecular formula is C11H13F3O2. The van der Waals surface area contributed by atoms with Crippen LogP contribution in [0.4, 0.5) is 13.2 Å². The number of aliphatic hydroxyl groups is 1. The molecule has 90 valence electrons. The summed E-state index contributed by atoms with van der Waals surface area (Å²) in [6.07, 6.45) is -5.76. The monoisotopic (exact) mass is 234 g/mol. The molecule has 1 rings (SSSR count). The van der Waals surface area contributed by atoms with Gasteiger partial charge in [-0.15, -0.1) is 0 Å². The van der Waals surface area contributed by atoms with Crippen LogP contribution < -0.4 is 4.74 Å². The van der Waals surface area contributed by atoms with E-state index in [2.05, 4.69) is 0 Å². The lowest BCUT2D eigenvalue weighted by atomic mass is 10.1. The highest BCUT2D eigenvalue weighted by molar-refractivity contribution is 5.28. The summed E-state index contributed by atoms with van der Waals surface area (Å²) in [4.78, 5) is 0. The molecule has 1 N–H and O–H groups in total. The number of ether oxygens (including phenoxy) is 1. The second-order valence-electron chi connectivity index (χ2n) is 3.46. The largest absolute Gasteiger partial charge is 0.493 e. The van der Waals surface area contributed by atoms with E-state index in [1.54, 1.807) is 31.2 Å². The molecule has 0 bridgehead atoms. The molecule has 0 saturated carbocycles. The first-order valence-corrected chi connectivity index (χ1v) is 4.86. The van der Waals surface area contributed by atoms with Gasteiger partial charge >= 0.3 is 6.18 Å². The molecule has 2 nitrogen and oxygen atoms in total. The fourth-order valence-corrected chi connectivity index (χ4v) is 1.13. The van der Waals surface area contributed by atoms with Gasteiger partial charge in [-0.05, 0) is 24.6 Å². The van der Waals surface area contributed by atoms with E-state index < -0.39 is 25.3 Å². The van der Waals surface area contributed by atoms with E-state index >= 15 is 0 Å². The maximum atomic E-state index is 11.8. The Kier molecular flexibility index (Phi) is 4.18. The van der Waals surface area contributed by atoms with E-state index in [0.29, 0.717) is 11.3 Å². The smallest absolute Gasteiger partial charge is 0.392 e. The Bertz CT molecular complexity index is 317. The highest BCUT2D eigenvalue weighted by Crippen LogP contribution is 2.21. The van der Waals surface area contributed by atoms with E-state index in [9.17, 15) is 18.3 Å². The minimum absolute atomic E-state index is 0.369. The van der Waals surface area contributed by atoms with Gasteiger partial charge in [-0.2, -0.15) is 13.2 Å². The van der Waals surface area contributed by atoms with Gasteiger partial charge in [0.1, 0.15) is 5.75 Å². The van der Waals surface area contributed by atoms with Crippen molar-refractivity contribution < 1.29 is 23.0 Å². The summed E-state index contributed by atoms with van der Waals surface area (Å²) in [6.45, 7) is 1.22. The molecule has 1 aromatic rings. The van der Waals surface area contributed by atoms with Crippen molar-refractivity contribution in [3.05, 3.63) is 29.8 Å². The van der Waals surface area contributed by atoms with Crippen LogP contribution in [0.2, 0.25) is 0 Å². The summed E-state index contributed by atoms with van der Waals surface area (Å²) in [5, 5.41) is 9.21. The maximum Gasteiger partial charge on any atom is 0.392 e. The predicted molar refractivity (Wildman–Crippen MR) is 53.2 cm³/mol. The summed E-state index contributed by atoms with van der Waals surface area (Å²) in [5.41, 5.74) is 0.697. The first-order chi connectivity index (χ1) is 7.38. The number of aliphatic hydroxyl groups excluding tert-OH is 1. The average Bonchev–Trinajstić information content (AvgIpc) is 2.16. The van der Waals surface area contributed by atoms with Crippen LogP contribution >= 0.6 is 0 Å². The summed E-state index contributed by atoms with van der Waals surface area (Å²) >= 11 is 0. The lowest BCUT2D eigenvalue weighted by molar-refractivity contribution is -0.139. The van der Waals surface area contributed by atoms with Gasteiger partial charge in [0.25, 0.3) is 0 Å². The molecule has 0 spiro atoms. The topological polar surface area (TPSA) is 29.5 Å². The summed E-state index contributed by atoms with van der Waals surface area (Å²) in [5.74, 6) is 0.369. The van der Waals surface area contributed by atoms with Crippen molar-refractivity contribution in [2.24, 2.45) is 0 Å². The standard InChI is InChI=1S/C11H13F3O2/c1-8(15)9-2-4-10(5-3-9)16-7-6-11(12,13)14/h2-5,8,15H,6-7H2,1H3/t8-/m1/s1. The molecule has 0 aliphatic carbocycles. The first-order valence-electron chi connectivity index (χ1n) is 4.86. The molecule has 0 saturated heterocycles. The molecule has 1 aromatic carbocycles. The zero-order chi connectivity index (χ0) is 12.2. The highest BCUT2D eigenvalue weighted by Gasteiger charge is 2.26. The van der Waals surface area contributed by atoms with Crippen LogP contribution in [0.15, 0.2) is 24.3 Å². The van der Waals surface area contributed by atoms with Gasteiger partial charge in [-0.3, -0.25) is 0 Å². The van der Waals surface area contributed by atoms with E-state index in [0.717, 1.165) is 0 Å². The maximum absolute atomic E-state index is 11.8. The Labute approximate surface area is 91.7 Å². The van der Waals surface area contributed by atoms with Crippen molar-refractivity contribution in [3.8, 4) is 5.75 Å². The molecular weight excluding hydrogens is 221 g/mol. The minimum Gasteiger partial charge on any atom is -0.493 e. The number of benzene rings is 1. The molecule has 0 amide bonds. The number of alkyl halides is 3. The van der Waals surface area contributed by atoms with Crippen LogP contribution in [0.25, 0.3) is 0 Å². The van der Waals surface area contributed by atoms with E-state index in [4.69, 9.17) is 4.74 Å². The molecule has 0 fully saturated rings. The molecule has 1 atom stereocenters. The first kappa shape index (κ1) is 12.8. The van der Waals surface area contributed by atoms with Crippen LogP contribution in [0.3, 0.4) is 0 Å². The van der Waals surface area contributed by atoms with Crippen molar-refractivity contribution in [3.63, 3.8) is 0 Å². The second-order valence-corrected chi connectivity index (χ2v) is 3.46. The quantitative estimate of drug-likeness (QED) is 0.867. The second kappa shape index (κ2) is 5.21. The molecule has 0 heterocycles. The lowest BCUT2D eigenvalue weighted by Crippen LogP contribution is -2.13. The number of rotatable bonds is 4. The van der Waals surface area contributed by atoms with Gasteiger partial charge in [0, 0.05) is 0 Å². The van der Waals surface area contributed by atoms with Crippen LogP contribution in [-0.2, 0) is 0 Å². The molecule has 0 aliphatic heterocycles. The zero-order valence-corrected chi connectivity index (χ0v) is 8.79. The van der Waals surface area contributed by atoms with Gasteiger partial charge in [-0.25, -0.2) is 0 Å². The minimum atomic E-state index is -4.19. The third-order valence-corrected chi connectivity index (χ3v) is 2.02. The van der Waals surface area contributed by atoms with E-state index in [1.807, 2.05) is 0 Å². The number of hydrogen-bond acceptors (Lipinski definition) is 2. The van der Waals surface area contributed by atoms with Crippen LogP contribution in [0.5, 0.6) is 5.75 Å². The normalized spacial score (nSPS) is 13.6. The van der Waals surface area contributed by atoms with Crippen LogP contribution in [-0.4, -0.2) is 17.9 Å². The van der Waals surface area contributed by atoms with Gasteiger partial charge < -0.3 is 9.84 Å². The van der Waals surface area contributed by atoms with Crippen LogP contribution in [0, 0.1) is 0 Å². The Morgan fingerprint density at radius 1 is 1.25 bits per heavy atom. The molecule has 0 aromatic heterocycles. The molecule has 0 aliphatic rings. The zero-order valence-electron chi connectivity index (χ0n) is 8.79. The van der Waals surface area contributed by atoms with Gasteiger partial charge in [0.2, 0.25) is 0 Å². The SMILES string of the molecule is C[C@@H](O)c1ccc(OCCC(F)(F)F)cc1. The summed E-state index contributed by atoms with van der Waals surface area (Å²) in [7, 11) is 0. The average molecular weight is 234 g/mol.